The van der Waals surface area contributed by atoms with Crippen LogP contribution in [0.5, 0.6) is 0 Å². The van der Waals surface area contributed by atoms with E-state index in [4.69, 9.17) is 5.26 Å². The highest BCUT2D eigenvalue weighted by Gasteiger charge is 2.14. The monoisotopic (exact) mass is 357 g/mol. The fourth-order valence-corrected chi connectivity index (χ4v) is 2.27. The van der Waals surface area contributed by atoms with Gasteiger partial charge in [0.15, 0.2) is 0 Å². The largest absolute Gasteiger partial charge is 0.465 e. The molecule has 0 saturated carbocycles. The number of nitrogens with zero attached hydrogens (tertiary/aromatic N) is 2. The second kappa shape index (κ2) is 8.58. The molecule has 0 saturated heterocycles. The molecule has 0 fully saturated rings. The maximum absolute atomic E-state index is 12.8. The third kappa shape index (κ3) is 4.77. The molecule has 26 heavy (non-hydrogen) atoms. The highest BCUT2D eigenvalue weighted by Crippen LogP contribution is 2.04. The Bertz CT molecular complexity index is 914. The second-order valence-electron chi connectivity index (χ2n) is 5.41. The summed E-state index contributed by atoms with van der Waals surface area (Å²) in [5.41, 5.74) is -0.0769. The summed E-state index contributed by atoms with van der Waals surface area (Å²) in [5.74, 6) is -1.51. The molecule has 0 atom stereocenters. The van der Waals surface area contributed by atoms with Crippen LogP contribution in [0, 0.1) is 17.1 Å². The molecule has 8 heteroatoms. The van der Waals surface area contributed by atoms with Crippen LogP contribution in [-0.4, -0.2) is 30.1 Å². The molecular weight excluding hydrogens is 341 g/mol. The van der Waals surface area contributed by atoms with Gasteiger partial charge in [0, 0.05) is 12.7 Å². The molecule has 0 radical (unpaired) electrons. The molecule has 1 amide bonds. The summed E-state index contributed by atoms with van der Waals surface area (Å²) < 4.78 is 18.4. The maximum Gasteiger partial charge on any atom is 0.339 e. The minimum absolute atomic E-state index is 0.00256. The quantitative estimate of drug-likeness (QED) is 0.778. The van der Waals surface area contributed by atoms with Gasteiger partial charge in [-0.15, -0.1) is 0 Å². The van der Waals surface area contributed by atoms with Gasteiger partial charge in [0.05, 0.1) is 12.7 Å². The first-order valence-electron chi connectivity index (χ1n) is 7.68. The lowest BCUT2D eigenvalue weighted by Crippen LogP contribution is -2.34. The fourth-order valence-electron chi connectivity index (χ4n) is 2.27. The van der Waals surface area contributed by atoms with Crippen molar-refractivity contribution in [3.63, 3.8) is 0 Å². The van der Waals surface area contributed by atoms with Gasteiger partial charge < -0.3 is 14.6 Å². The van der Waals surface area contributed by atoms with E-state index >= 15 is 0 Å². The summed E-state index contributed by atoms with van der Waals surface area (Å²) in [6.45, 7) is -0.0528. The van der Waals surface area contributed by atoms with E-state index in [2.05, 4.69) is 10.1 Å². The van der Waals surface area contributed by atoms with Crippen LogP contribution in [0.3, 0.4) is 0 Å². The van der Waals surface area contributed by atoms with Crippen molar-refractivity contribution < 1.29 is 18.7 Å². The molecular formula is C18H16FN3O4. The number of nitriles is 1. The zero-order chi connectivity index (χ0) is 19.1. The summed E-state index contributed by atoms with van der Waals surface area (Å²) in [7, 11) is 1.17. The van der Waals surface area contributed by atoms with Crippen LogP contribution in [0.15, 0.2) is 41.3 Å². The normalized spacial score (nSPS) is 10.0. The third-order valence-corrected chi connectivity index (χ3v) is 3.59. The van der Waals surface area contributed by atoms with Gasteiger partial charge in [-0.3, -0.25) is 9.59 Å². The lowest BCUT2D eigenvalue weighted by Gasteiger charge is -2.09. The Morgan fingerprint density at radius 1 is 1.31 bits per heavy atom. The average Bonchev–Trinajstić information content (AvgIpc) is 2.64. The van der Waals surface area contributed by atoms with Crippen molar-refractivity contribution >= 4 is 11.9 Å². The van der Waals surface area contributed by atoms with Crippen molar-refractivity contribution in [1.82, 2.24) is 9.88 Å². The number of benzene rings is 1. The van der Waals surface area contributed by atoms with Crippen LogP contribution in [0.25, 0.3) is 0 Å². The van der Waals surface area contributed by atoms with Crippen molar-refractivity contribution in [2.75, 3.05) is 13.7 Å². The molecule has 0 aliphatic carbocycles. The number of hydrogen-bond acceptors (Lipinski definition) is 5. The lowest BCUT2D eigenvalue weighted by atomic mass is 10.1. The Labute approximate surface area is 148 Å². The van der Waals surface area contributed by atoms with Crippen molar-refractivity contribution in [3.05, 3.63) is 69.4 Å². The van der Waals surface area contributed by atoms with Gasteiger partial charge in [0.25, 0.3) is 5.56 Å². The molecule has 1 N–H and O–H groups in total. The minimum Gasteiger partial charge on any atom is -0.465 e. The molecule has 0 unspecified atom stereocenters. The molecule has 0 spiro atoms. The fraction of sp³-hybridized carbons (Fsp3) is 0.222. The number of halogens is 1. The highest BCUT2D eigenvalue weighted by atomic mass is 19.1. The molecule has 0 aliphatic rings. The first-order chi connectivity index (χ1) is 12.4. The number of ether oxygens (including phenoxy) is 1. The Morgan fingerprint density at radius 3 is 2.62 bits per heavy atom. The summed E-state index contributed by atoms with van der Waals surface area (Å²) in [4.78, 5) is 35.7. The van der Waals surface area contributed by atoms with Crippen molar-refractivity contribution in [2.24, 2.45) is 0 Å². The van der Waals surface area contributed by atoms with Gasteiger partial charge in [-0.25, -0.2) is 9.18 Å². The number of carbonyl (C=O) groups excluding carboxylic acids is 2. The van der Waals surface area contributed by atoms with Crippen molar-refractivity contribution in [1.29, 1.82) is 5.26 Å². The topological polar surface area (TPSA) is 101 Å². The van der Waals surface area contributed by atoms with E-state index in [1.807, 2.05) is 0 Å². The molecule has 134 valence electrons. The van der Waals surface area contributed by atoms with Gasteiger partial charge in [-0.05, 0) is 30.2 Å². The number of methoxy groups -OCH3 is 1. The van der Waals surface area contributed by atoms with E-state index in [1.54, 1.807) is 18.2 Å². The average molecular weight is 357 g/mol. The van der Waals surface area contributed by atoms with Gasteiger partial charge in [0.2, 0.25) is 5.91 Å². The predicted octanol–water partition coefficient (Wildman–Crippen LogP) is 1.00. The highest BCUT2D eigenvalue weighted by molar-refractivity contribution is 5.89. The molecule has 2 aromatic rings. The van der Waals surface area contributed by atoms with Gasteiger partial charge in [-0.1, -0.05) is 12.1 Å². The first kappa shape index (κ1) is 18.9. The molecule has 2 rings (SSSR count). The Kier molecular flexibility index (Phi) is 6.22. The van der Waals surface area contributed by atoms with Gasteiger partial charge in [-0.2, -0.15) is 5.26 Å². The Morgan fingerprint density at radius 2 is 2.00 bits per heavy atom. The first-order valence-corrected chi connectivity index (χ1v) is 7.68. The Hall–Kier alpha value is -3.47. The predicted molar refractivity (Wildman–Crippen MR) is 89.9 cm³/mol. The molecule has 0 bridgehead atoms. The molecule has 1 heterocycles. The SMILES string of the molecule is COC(=O)c1cc(C#N)c(=O)n(CC(=O)NCCc2ccc(F)cc2)c1. The number of carbonyl (C=O) groups is 2. The van der Waals surface area contributed by atoms with Crippen LogP contribution in [-0.2, 0) is 22.5 Å². The van der Waals surface area contributed by atoms with Crippen LogP contribution >= 0.6 is 0 Å². The van der Waals surface area contributed by atoms with Crippen molar-refractivity contribution in [2.45, 2.75) is 13.0 Å². The van der Waals surface area contributed by atoms with E-state index in [0.29, 0.717) is 13.0 Å². The maximum atomic E-state index is 12.8. The van der Waals surface area contributed by atoms with Crippen LogP contribution in [0.4, 0.5) is 4.39 Å². The van der Waals surface area contributed by atoms with Crippen LogP contribution in [0.1, 0.15) is 21.5 Å². The minimum atomic E-state index is -0.716. The number of pyridine rings is 1. The smallest absolute Gasteiger partial charge is 0.339 e. The third-order valence-electron chi connectivity index (χ3n) is 3.59. The summed E-state index contributed by atoms with van der Waals surface area (Å²) in [6.07, 6.45) is 1.67. The van der Waals surface area contributed by atoms with E-state index in [0.717, 1.165) is 16.2 Å². The van der Waals surface area contributed by atoms with Crippen LogP contribution in [0.2, 0.25) is 0 Å². The lowest BCUT2D eigenvalue weighted by molar-refractivity contribution is -0.121. The summed E-state index contributed by atoms with van der Waals surface area (Å²) in [6, 6.07) is 8.71. The number of esters is 1. The zero-order valence-corrected chi connectivity index (χ0v) is 14.0. The summed E-state index contributed by atoms with van der Waals surface area (Å²) >= 11 is 0. The number of nitrogens with one attached hydrogen (secondary N) is 1. The molecule has 0 aliphatic heterocycles. The van der Waals surface area contributed by atoms with E-state index in [-0.39, 0.29) is 23.5 Å². The van der Waals surface area contributed by atoms with E-state index in [9.17, 15) is 18.8 Å². The number of hydrogen-bond donors (Lipinski definition) is 1. The number of rotatable bonds is 6. The van der Waals surface area contributed by atoms with Gasteiger partial charge in [0.1, 0.15) is 24.0 Å². The van der Waals surface area contributed by atoms with Gasteiger partial charge >= 0.3 is 5.97 Å². The van der Waals surface area contributed by atoms with E-state index in [1.165, 1.54) is 25.4 Å². The summed E-state index contributed by atoms with van der Waals surface area (Å²) in [5, 5.41) is 11.6. The van der Waals surface area contributed by atoms with E-state index < -0.39 is 17.4 Å². The molecule has 1 aromatic heterocycles. The number of aromatic nitrogens is 1. The zero-order valence-electron chi connectivity index (χ0n) is 14.0. The van der Waals surface area contributed by atoms with Crippen molar-refractivity contribution in [3.8, 4) is 6.07 Å². The number of amides is 1. The Balaban J connectivity index is 2.03. The molecule has 1 aromatic carbocycles. The van der Waals surface area contributed by atoms with Crippen LogP contribution < -0.4 is 10.9 Å². The second-order valence-corrected chi connectivity index (χ2v) is 5.41. The molecule has 7 nitrogen and oxygen atoms in total. The standard InChI is InChI=1S/C18H16FN3O4/c1-26-18(25)14-8-13(9-20)17(24)22(10-14)11-16(23)21-7-6-12-2-4-15(19)5-3-12/h2-5,8,10H,6-7,11H2,1H3,(H,21,23).